The molecule has 1 N–H and O–H groups in total. The largest absolute Gasteiger partial charge is 0.336 e. The molecule has 0 bridgehead atoms. The summed E-state index contributed by atoms with van der Waals surface area (Å²) < 4.78 is 27.7. The molecular formula is C19H29N3O3S. The van der Waals surface area contributed by atoms with E-state index in [1.807, 2.05) is 17.0 Å². The van der Waals surface area contributed by atoms with Crippen molar-refractivity contribution in [1.82, 2.24) is 14.5 Å². The highest BCUT2D eigenvalue weighted by Crippen LogP contribution is 2.26. The molecule has 6 nitrogen and oxygen atoms in total. The first-order chi connectivity index (χ1) is 12.4. The Bertz CT molecular complexity index is 733. The van der Waals surface area contributed by atoms with Crippen LogP contribution in [0.3, 0.4) is 0 Å². The number of nitrogens with one attached hydrogen (secondary N) is 1. The molecule has 2 aliphatic rings. The minimum absolute atomic E-state index is 0.0208. The number of hydrogen-bond donors (Lipinski definition) is 1. The van der Waals surface area contributed by atoms with Crippen LogP contribution in [0.2, 0.25) is 0 Å². The lowest BCUT2D eigenvalue weighted by Crippen LogP contribution is -2.57. The lowest BCUT2D eigenvalue weighted by molar-refractivity contribution is -0.135. The van der Waals surface area contributed by atoms with E-state index < -0.39 is 10.0 Å². The zero-order chi connectivity index (χ0) is 18.7. The number of nitrogens with zero attached hydrogens (tertiary/aromatic N) is 2. The van der Waals surface area contributed by atoms with Crippen LogP contribution in [-0.2, 0) is 14.8 Å². The number of piperidine rings is 1. The average Bonchev–Trinajstić information content (AvgIpc) is 2.68. The fourth-order valence-corrected chi connectivity index (χ4v) is 5.27. The number of benzene rings is 1. The Labute approximate surface area is 156 Å². The molecule has 1 amide bonds. The van der Waals surface area contributed by atoms with Gasteiger partial charge in [-0.05, 0) is 42.9 Å². The lowest BCUT2D eigenvalue weighted by atomic mass is 9.99. The first kappa shape index (κ1) is 19.3. The summed E-state index contributed by atoms with van der Waals surface area (Å²) in [6.45, 7) is 6.95. The molecule has 144 valence electrons. The van der Waals surface area contributed by atoms with Gasteiger partial charge in [0.1, 0.15) is 0 Å². The van der Waals surface area contributed by atoms with Gasteiger partial charge in [0.2, 0.25) is 15.9 Å². The van der Waals surface area contributed by atoms with Crippen LogP contribution in [0.15, 0.2) is 29.2 Å². The van der Waals surface area contributed by atoms with Crippen molar-refractivity contribution in [3.63, 3.8) is 0 Å². The van der Waals surface area contributed by atoms with Crippen molar-refractivity contribution in [1.29, 1.82) is 0 Å². The molecule has 2 saturated heterocycles. The molecule has 0 aliphatic carbocycles. The Hall–Kier alpha value is -1.44. The number of carbonyl (C=O) groups excluding carboxylic acids is 1. The summed E-state index contributed by atoms with van der Waals surface area (Å²) in [5.74, 6) is 0.489. The smallest absolute Gasteiger partial charge is 0.243 e. The second-order valence-corrected chi connectivity index (χ2v) is 9.24. The van der Waals surface area contributed by atoms with Crippen molar-refractivity contribution >= 4 is 15.9 Å². The summed E-state index contributed by atoms with van der Waals surface area (Å²) >= 11 is 0. The Kier molecular flexibility index (Phi) is 5.99. The maximum Gasteiger partial charge on any atom is 0.243 e. The maximum absolute atomic E-state index is 13.1. The molecule has 2 unspecified atom stereocenters. The monoisotopic (exact) mass is 379 g/mol. The second-order valence-electron chi connectivity index (χ2n) is 7.30. The molecule has 2 heterocycles. The summed E-state index contributed by atoms with van der Waals surface area (Å²) in [7, 11) is -3.52. The standard InChI is InChI=1S/C19H29N3O3S/c1-3-15(2)16-6-8-18(9-7-16)26(24,25)21-11-4-5-17(14-21)22-12-10-20-13-19(22)23/h6-9,15,17,20H,3-5,10-14H2,1-2H3. The highest BCUT2D eigenvalue weighted by Gasteiger charge is 2.35. The van der Waals surface area contributed by atoms with E-state index in [0.29, 0.717) is 37.0 Å². The predicted octanol–water partition coefficient (Wildman–Crippen LogP) is 1.79. The highest BCUT2D eigenvalue weighted by molar-refractivity contribution is 7.89. The fraction of sp³-hybridized carbons (Fsp3) is 0.632. The van der Waals surface area contributed by atoms with Gasteiger partial charge in [-0.15, -0.1) is 0 Å². The number of rotatable bonds is 5. The second kappa shape index (κ2) is 8.06. The van der Waals surface area contributed by atoms with Gasteiger partial charge in [-0.2, -0.15) is 4.31 Å². The van der Waals surface area contributed by atoms with Crippen molar-refractivity contribution in [3.05, 3.63) is 29.8 Å². The predicted molar refractivity (Wildman–Crippen MR) is 102 cm³/mol. The summed E-state index contributed by atoms with van der Waals surface area (Å²) in [5, 5.41) is 3.07. The molecule has 0 radical (unpaired) electrons. The van der Waals surface area contributed by atoms with E-state index >= 15 is 0 Å². The van der Waals surface area contributed by atoms with Crippen molar-refractivity contribution in [2.75, 3.05) is 32.7 Å². The first-order valence-corrected chi connectivity index (χ1v) is 11.0. The van der Waals surface area contributed by atoms with Crippen LogP contribution in [-0.4, -0.2) is 62.3 Å². The number of sulfonamides is 1. The summed E-state index contributed by atoms with van der Waals surface area (Å²) in [4.78, 5) is 14.3. The van der Waals surface area contributed by atoms with Crippen molar-refractivity contribution < 1.29 is 13.2 Å². The van der Waals surface area contributed by atoms with E-state index in [2.05, 4.69) is 19.2 Å². The van der Waals surface area contributed by atoms with Gasteiger partial charge in [0.05, 0.1) is 11.4 Å². The van der Waals surface area contributed by atoms with Gasteiger partial charge in [-0.25, -0.2) is 8.42 Å². The number of piperazine rings is 1. The minimum Gasteiger partial charge on any atom is -0.336 e. The molecule has 0 spiro atoms. The van der Waals surface area contributed by atoms with Crippen LogP contribution in [0.25, 0.3) is 0 Å². The lowest BCUT2D eigenvalue weighted by Gasteiger charge is -2.40. The average molecular weight is 380 g/mol. The molecule has 0 saturated carbocycles. The van der Waals surface area contributed by atoms with E-state index in [0.717, 1.165) is 31.4 Å². The summed E-state index contributed by atoms with van der Waals surface area (Å²) in [5.41, 5.74) is 1.16. The SMILES string of the molecule is CCC(C)c1ccc(S(=O)(=O)N2CCCC(N3CCNCC3=O)C2)cc1. The van der Waals surface area contributed by atoms with E-state index in [1.54, 1.807) is 16.4 Å². The molecule has 2 atom stereocenters. The molecule has 2 aliphatic heterocycles. The van der Waals surface area contributed by atoms with Gasteiger partial charge in [0, 0.05) is 32.2 Å². The van der Waals surface area contributed by atoms with E-state index in [9.17, 15) is 13.2 Å². The van der Waals surface area contributed by atoms with Gasteiger partial charge < -0.3 is 10.2 Å². The minimum atomic E-state index is -3.52. The molecule has 2 fully saturated rings. The van der Waals surface area contributed by atoms with Crippen molar-refractivity contribution in [3.8, 4) is 0 Å². The summed E-state index contributed by atoms with van der Waals surface area (Å²) in [6.07, 6.45) is 2.68. The number of carbonyl (C=O) groups is 1. The zero-order valence-corrected chi connectivity index (χ0v) is 16.5. The highest BCUT2D eigenvalue weighted by atomic mass is 32.2. The molecule has 3 rings (SSSR count). The van der Waals surface area contributed by atoms with E-state index in [4.69, 9.17) is 0 Å². The molecule has 1 aromatic carbocycles. The molecule has 26 heavy (non-hydrogen) atoms. The number of hydrogen-bond acceptors (Lipinski definition) is 4. The topological polar surface area (TPSA) is 69.7 Å². The summed E-state index contributed by atoms with van der Waals surface area (Å²) in [6, 6.07) is 7.25. The normalized spacial score (nSPS) is 23.8. The van der Waals surface area contributed by atoms with Crippen LogP contribution in [0, 0.1) is 0 Å². The van der Waals surface area contributed by atoms with Crippen LogP contribution < -0.4 is 5.32 Å². The van der Waals surface area contributed by atoms with Gasteiger partial charge >= 0.3 is 0 Å². The van der Waals surface area contributed by atoms with Crippen LogP contribution >= 0.6 is 0 Å². The Morgan fingerprint density at radius 2 is 1.96 bits per heavy atom. The number of amides is 1. The molecular weight excluding hydrogens is 350 g/mol. The van der Waals surface area contributed by atoms with Crippen LogP contribution in [0.4, 0.5) is 0 Å². The van der Waals surface area contributed by atoms with E-state index in [1.165, 1.54) is 0 Å². The van der Waals surface area contributed by atoms with Crippen LogP contribution in [0.1, 0.15) is 44.6 Å². The molecule has 1 aromatic rings. The van der Waals surface area contributed by atoms with Crippen molar-refractivity contribution in [2.45, 2.75) is 50.0 Å². The molecule has 0 aromatic heterocycles. The third kappa shape index (κ3) is 3.94. The zero-order valence-electron chi connectivity index (χ0n) is 15.6. The Balaban J connectivity index is 1.75. The fourth-order valence-electron chi connectivity index (χ4n) is 3.75. The van der Waals surface area contributed by atoms with Gasteiger partial charge in [-0.3, -0.25) is 4.79 Å². The van der Waals surface area contributed by atoms with Crippen molar-refractivity contribution in [2.24, 2.45) is 0 Å². The van der Waals surface area contributed by atoms with Gasteiger partial charge in [-0.1, -0.05) is 26.0 Å². The van der Waals surface area contributed by atoms with Gasteiger partial charge in [0.15, 0.2) is 0 Å². The first-order valence-electron chi connectivity index (χ1n) is 9.53. The van der Waals surface area contributed by atoms with E-state index in [-0.39, 0.29) is 11.9 Å². The third-order valence-corrected chi connectivity index (χ3v) is 7.50. The maximum atomic E-state index is 13.1. The Morgan fingerprint density at radius 1 is 1.23 bits per heavy atom. The molecule has 7 heteroatoms. The third-order valence-electron chi connectivity index (χ3n) is 5.63. The Morgan fingerprint density at radius 3 is 2.62 bits per heavy atom. The van der Waals surface area contributed by atoms with Crippen LogP contribution in [0.5, 0.6) is 0 Å². The van der Waals surface area contributed by atoms with Gasteiger partial charge in [0.25, 0.3) is 0 Å². The quantitative estimate of drug-likeness (QED) is 0.847.